The average Bonchev–Trinajstić information content (AvgIpc) is 3.26. The second-order valence-electron chi connectivity index (χ2n) is 8.08. The van der Waals surface area contributed by atoms with Crippen molar-refractivity contribution >= 4 is 50.3 Å². The number of ether oxygens (including phenoxy) is 1. The van der Waals surface area contributed by atoms with Crippen LogP contribution in [-0.2, 0) is 20.7 Å². The number of fused-ring (bicyclic) bond motifs is 1. The molecule has 3 aromatic carbocycles. The van der Waals surface area contributed by atoms with E-state index in [1.165, 1.54) is 10.8 Å². The van der Waals surface area contributed by atoms with Gasteiger partial charge in [0.15, 0.2) is 5.16 Å². The van der Waals surface area contributed by atoms with Crippen molar-refractivity contribution in [1.29, 1.82) is 5.26 Å². The topological polar surface area (TPSA) is 97.0 Å². The Hall–Kier alpha value is -3.75. The molecule has 0 saturated carbocycles. The lowest BCUT2D eigenvalue weighted by Gasteiger charge is -2.21. The first-order valence-electron chi connectivity index (χ1n) is 11.5. The lowest BCUT2D eigenvalue weighted by Crippen LogP contribution is -2.49. The highest BCUT2D eigenvalue weighted by Crippen LogP contribution is 2.39. The molecule has 11 heteroatoms. The molecule has 0 aliphatic carbocycles. The van der Waals surface area contributed by atoms with Crippen molar-refractivity contribution in [3.8, 4) is 11.8 Å². The van der Waals surface area contributed by atoms with E-state index in [9.17, 15) is 14.9 Å². The van der Waals surface area contributed by atoms with Gasteiger partial charge in [0.2, 0.25) is 0 Å². The number of amides is 1. The fraction of sp³-hybridized carbons (Fsp3) is 0.185. The quantitative estimate of drug-likeness (QED) is 0.198. The lowest BCUT2D eigenvalue weighted by molar-refractivity contribution is -0.149. The maximum absolute atomic E-state index is 15.3. The first-order chi connectivity index (χ1) is 18.2. The number of nitriles is 1. The van der Waals surface area contributed by atoms with Gasteiger partial charge in [-0.2, -0.15) is 14.0 Å². The number of nitrogens with zero attached hydrogens (tertiary/aromatic N) is 3. The average molecular weight is 599 g/mol. The maximum Gasteiger partial charge on any atom is 0.377 e. The summed E-state index contributed by atoms with van der Waals surface area (Å²) in [5, 5.41) is 8.76. The third-order valence-electron chi connectivity index (χ3n) is 5.59. The van der Waals surface area contributed by atoms with E-state index in [4.69, 9.17) is 4.74 Å². The molecule has 1 atom stereocenters. The Balaban J connectivity index is 1.62. The molecule has 7 nitrogen and oxygen atoms in total. The first kappa shape index (κ1) is 27.3. The predicted molar refractivity (Wildman–Crippen MR) is 143 cm³/mol. The summed E-state index contributed by atoms with van der Waals surface area (Å²) in [5.41, 5.74) is 1.60. The molecule has 0 aliphatic rings. The third-order valence-corrected chi connectivity index (χ3v) is 7.06. The molecule has 38 heavy (non-hydrogen) atoms. The molecule has 0 radical (unpaired) electrons. The van der Waals surface area contributed by atoms with E-state index in [1.807, 2.05) is 0 Å². The van der Waals surface area contributed by atoms with Crippen molar-refractivity contribution < 1.29 is 23.1 Å². The minimum absolute atomic E-state index is 0.0104. The fourth-order valence-electron chi connectivity index (χ4n) is 3.87. The zero-order valence-electron chi connectivity index (χ0n) is 20.0. The number of hydrogen-bond acceptors (Lipinski definition) is 6. The van der Waals surface area contributed by atoms with Crippen LogP contribution in [0.25, 0.3) is 16.5 Å². The van der Waals surface area contributed by atoms with Crippen LogP contribution in [0.1, 0.15) is 18.1 Å². The monoisotopic (exact) mass is 598 g/mol. The zero-order valence-corrected chi connectivity index (χ0v) is 22.4. The van der Waals surface area contributed by atoms with Crippen molar-refractivity contribution in [1.82, 2.24) is 14.9 Å². The molecule has 1 amide bonds. The van der Waals surface area contributed by atoms with Gasteiger partial charge in [0.05, 0.1) is 30.1 Å². The molecule has 4 rings (SSSR count). The number of halogens is 3. The smallest absolute Gasteiger partial charge is 0.377 e. The van der Waals surface area contributed by atoms with Crippen LogP contribution in [0.3, 0.4) is 0 Å². The molecule has 0 saturated heterocycles. The summed E-state index contributed by atoms with van der Waals surface area (Å²) in [6.07, 6.45) is 1.34. The minimum Gasteiger partial charge on any atom is -0.464 e. The van der Waals surface area contributed by atoms with Crippen LogP contribution in [0.2, 0.25) is 0 Å². The maximum atomic E-state index is 15.3. The zero-order chi connectivity index (χ0) is 27.3. The minimum atomic E-state index is -3.98. The number of aromatic nitrogens is 2. The number of benzene rings is 3. The Bertz CT molecular complexity index is 1520. The molecule has 0 spiro atoms. The van der Waals surface area contributed by atoms with Crippen LogP contribution in [0.15, 0.2) is 82.7 Å². The highest BCUT2D eigenvalue weighted by molar-refractivity contribution is 9.10. The Kier molecular flexibility index (Phi) is 8.44. The SMILES string of the molecule is CCOC(=O)C(Cc1ccccc1)NC(=O)C(F)(F)Sc1ncc(Br)n1-c1ccc(C#N)c2ccccc12. The Labute approximate surface area is 229 Å². The van der Waals surface area contributed by atoms with Crippen LogP contribution in [0.5, 0.6) is 0 Å². The first-order valence-corrected chi connectivity index (χ1v) is 13.1. The largest absolute Gasteiger partial charge is 0.464 e. The molecular weight excluding hydrogens is 578 g/mol. The summed E-state index contributed by atoms with van der Waals surface area (Å²) >= 11 is 3.30. The van der Waals surface area contributed by atoms with Gasteiger partial charge in [-0.3, -0.25) is 9.36 Å². The van der Waals surface area contributed by atoms with E-state index < -0.39 is 23.2 Å². The Morgan fingerprint density at radius 1 is 1.13 bits per heavy atom. The van der Waals surface area contributed by atoms with Crippen LogP contribution in [0, 0.1) is 11.3 Å². The van der Waals surface area contributed by atoms with Gasteiger partial charge >= 0.3 is 17.1 Å². The van der Waals surface area contributed by atoms with Gasteiger partial charge in [0.1, 0.15) is 10.6 Å². The van der Waals surface area contributed by atoms with E-state index in [-0.39, 0.29) is 29.9 Å². The number of alkyl halides is 2. The Morgan fingerprint density at radius 2 is 1.82 bits per heavy atom. The van der Waals surface area contributed by atoms with Crippen LogP contribution < -0.4 is 5.32 Å². The van der Waals surface area contributed by atoms with Crippen molar-refractivity contribution in [3.05, 3.63) is 88.7 Å². The third kappa shape index (κ3) is 5.87. The lowest BCUT2D eigenvalue weighted by atomic mass is 10.0. The van der Waals surface area contributed by atoms with E-state index in [0.717, 1.165) is 0 Å². The molecular formula is C27H21BrF2N4O3S. The fourth-order valence-corrected chi connectivity index (χ4v) is 5.22. The molecule has 194 valence electrons. The van der Waals surface area contributed by atoms with Gasteiger partial charge in [-0.05, 0) is 52.3 Å². The summed E-state index contributed by atoms with van der Waals surface area (Å²) < 4.78 is 37.4. The number of carbonyl (C=O) groups excluding carboxylic acids is 2. The van der Waals surface area contributed by atoms with Gasteiger partial charge in [0, 0.05) is 17.2 Å². The van der Waals surface area contributed by atoms with Crippen LogP contribution >= 0.6 is 27.7 Å². The van der Waals surface area contributed by atoms with Crippen molar-refractivity contribution in [2.45, 2.75) is 29.8 Å². The number of rotatable bonds is 9. The molecule has 1 N–H and O–H groups in total. The van der Waals surface area contributed by atoms with Gasteiger partial charge < -0.3 is 10.1 Å². The molecule has 1 heterocycles. The Morgan fingerprint density at radius 3 is 2.50 bits per heavy atom. The van der Waals surface area contributed by atoms with E-state index >= 15 is 8.78 Å². The number of thioether (sulfide) groups is 1. The molecule has 0 aliphatic heterocycles. The van der Waals surface area contributed by atoms with Gasteiger partial charge in [-0.25, -0.2) is 9.78 Å². The van der Waals surface area contributed by atoms with Gasteiger partial charge in [-0.15, -0.1) is 0 Å². The standard InChI is InChI=1S/C27H21BrF2N4O3S/c1-2-37-24(35)21(14-17-8-4-3-5-9-17)33-25(36)27(29,30)38-26-32-16-23(28)34(26)22-13-12-18(15-31)19-10-6-7-11-20(19)22/h3-13,16,21H,2,14H2,1H3,(H,33,36). The molecule has 4 aromatic rings. The summed E-state index contributed by atoms with van der Waals surface area (Å²) in [6, 6.07) is 19.9. The summed E-state index contributed by atoms with van der Waals surface area (Å²) in [5.74, 6) is -2.45. The van der Waals surface area contributed by atoms with Crippen molar-refractivity contribution in [3.63, 3.8) is 0 Å². The molecule has 1 unspecified atom stereocenters. The van der Waals surface area contributed by atoms with Crippen molar-refractivity contribution in [2.75, 3.05) is 6.61 Å². The molecule has 0 bridgehead atoms. The second kappa shape index (κ2) is 11.8. The van der Waals surface area contributed by atoms with Gasteiger partial charge in [-0.1, -0.05) is 54.6 Å². The summed E-state index contributed by atoms with van der Waals surface area (Å²) in [4.78, 5) is 29.3. The normalized spacial score (nSPS) is 12.1. The molecule has 0 fully saturated rings. The number of imidazole rings is 1. The number of hydrogen-bond donors (Lipinski definition) is 1. The second-order valence-corrected chi connectivity index (χ2v) is 9.97. The number of nitrogens with one attached hydrogen (secondary N) is 1. The number of esters is 1. The van der Waals surface area contributed by atoms with Crippen LogP contribution in [-0.4, -0.2) is 39.3 Å². The predicted octanol–water partition coefficient (Wildman–Crippen LogP) is 5.64. The van der Waals surface area contributed by atoms with Crippen LogP contribution in [0.4, 0.5) is 8.78 Å². The van der Waals surface area contributed by atoms with E-state index in [1.54, 1.807) is 73.7 Å². The molecule has 1 aromatic heterocycles. The van der Waals surface area contributed by atoms with E-state index in [0.29, 0.717) is 32.2 Å². The van der Waals surface area contributed by atoms with Gasteiger partial charge in [0.25, 0.3) is 0 Å². The summed E-state index contributed by atoms with van der Waals surface area (Å²) in [6.45, 7) is 1.63. The highest BCUT2D eigenvalue weighted by Gasteiger charge is 2.44. The number of carbonyl (C=O) groups is 2. The summed E-state index contributed by atoms with van der Waals surface area (Å²) in [7, 11) is 0. The van der Waals surface area contributed by atoms with E-state index in [2.05, 4.69) is 32.3 Å². The van der Waals surface area contributed by atoms with Crippen molar-refractivity contribution in [2.24, 2.45) is 0 Å². The highest BCUT2D eigenvalue weighted by atomic mass is 79.9.